The average molecular weight is 335 g/mol. The summed E-state index contributed by atoms with van der Waals surface area (Å²) >= 11 is 1.50. The maximum atomic E-state index is 12.6. The third-order valence-electron chi connectivity index (χ3n) is 4.04. The number of carbonyl (C=O) groups is 1. The summed E-state index contributed by atoms with van der Waals surface area (Å²) in [4.78, 5) is 13.4. The number of rotatable bonds is 6. The number of amides is 1. The van der Waals surface area contributed by atoms with Crippen molar-refractivity contribution in [3.05, 3.63) is 82.6 Å². The SMILES string of the molecule is C[C@@H](CCc1ccccc1)NC(=O)c1sccc1-c1ccccc1. The van der Waals surface area contributed by atoms with Crippen molar-refractivity contribution in [1.29, 1.82) is 0 Å². The maximum Gasteiger partial charge on any atom is 0.262 e. The predicted molar refractivity (Wildman–Crippen MR) is 101 cm³/mol. The summed E-state index contributed by atoms with van der Waals surface area (Å²) in [7, 11) is 0. The number of carbonyl (C=O) groups excluding carboxylic acids is 1. The molecule has 3 heteroatoms. The molecule has 0 unspecified atom stereocenters. The van der Waals surface area contributed by atoms with Crippen molar-refractivity contribution in [3.8, 4) is 11.1 Å². The van der Waals surface area contributed by atoms with E-state index in [2.05, 4.69) is 36.5 Å². The first-order chi connectivity index (χ1) is 11.7. The molecule has 3 rings (SSSR count). The van der Waals surface area contributed by atoms with Crippen LogP contribution < -0.4 is 5.32 Å². The van der Waals surface area contributed by atoms with Crippen molar-refractivity contribution in [1.82, 2.24) is 5.32 Å². The number of hydrogen-bond acceptors (Lipinski definition) is 2. The van der Waals surface area contributed by atoms with Crippen LogP contribution in [0, 0.1) is 0 Å². The number of thiophene rings is 1. The van der Waals surface area contributed by atoms with E-state index in [-0.39, 0.29) is 11.9 Å². The van der Waals surface area contributed by atoms with E-state index in [1.165, 1.54) is 16.9 Å². The molecule has 1 atom stereocenters. The molecule has 0 aliphatic heterocycles. The summed E-state index contributed by atoms with van der Waals surface area (Å²) in [5, 5.41) is 5.11. The minimum absolute atomic E-state index is 0.0180. The third kappa shape index (κ3) is 4.12. The van der Waals surface area contributed by atoms with Gasteiger partial charge in [0.15, 0.2) is 0 Å². The Kier molecular flexibility index (Phi) is 5.44. The fourth-order valence-electron chi connectivity index (χ4n) is 2.72. The van der Waals surface area contributed by atoms with E-state index in [0.29, 0.717) is 0 Å². The lowest BCUT2D eigenvalue weighted by Crippen LogP contribution is -2.32. The van der Waals surface area contributed by atoms with Gasteiger partial charge in [-0.2, -0.15) is 0 Å². The van der Waals surface area contributed by atoms with Gasteiger partial charge < -0.3 is 5.32 Å². The molecule has 0 bridgehead atoms. The second kappa shape index (κ2) is 7.93. The molecule has 1 amide bonds. The third-order valence-corrected chi connectivity index (χ3v) is 4.96. The molecule has 1 N–H and O–H groups in total. The highest BCUT2D eigenvalue weighted by atomic mass is 32.1. The molecule has 2 aromatic carbocycles. The van der Waals surface area contributed by atoms with Crippen molar-refractivity contribution < 1.29 is 4.79 Å². The van der Waals surface area contributed by atoms with Crippen LogP contribution >= 0.6 is 11.3 Å². The Bertz CT molecular complexity index is 780. The van der Waals surface area contributed by atoms with Crippen molar-refractivity contribution >= 4 is 17.2 Å². The first-order valence-corrected chi connectivity index (χ1v) is 9.09. The van der Waals surface area contributed by atoms with E-state index in [4.69, 9.17) is 0 Å². The van der Waals surface area contributed by atoms with Crippen molar-refractivity contribution in [2.75, 3.05) is 0 Å². The van der Waals surface area contributed by atoms with Crippen molar-refractivity contribution in [2.45, 2.75) is 25.8 Å². The minimum Gasteiger partial charge on any atom is -0.349 e. The van der Waals surface area contributed by atoms with Gasteiger partial charge in [-0.15, -0.1) is 11.3 Å². The van der Waals surface area contributed by atoms with E-state index < -0.39 is 0 Å². The van der Waals surface area contributed by atoms with Crippen LogP contribution in [0.25, 0.3) is 11.1 Å². The van der Waals surface area contributed by atoms with Gasteiger partial charge in [-0.1, -0.05) is 60.7 Å². The van der Waals surface area contributed by atoms with Gasteiger partial charge in [0.1, 0.15) is 0 Å². The van der Waals surface area contributed by atoms with E-state index in [0.717, 1.165) is 28.8 Å². The van der Waals surface area contributed by atoms with Crippen LogP contribution in [-0.4, -0.2) is 11.9 Å². The fourth-order valence-corrected chi connectivity index (χ4v) is 3.54. The molecule has 0 spiro atoms. The fraction of sp³-hybridized carbons (Fsp3) is 0.190. The zero-order valence-electron chi connectivity index (χ0n) is 13.7. The maximum absolute atomic E-state index is 12.6. The van der Waals surface area contributed by atoms with Crippen LogP contribution in [-0.2, 0) is 6.42 Å². The topological polar surface area (TPSA) is 29.1 Å². The van der Waals surface area contributed by atoms with Crippen LogP contribution in [0.1, 0.15) is 28.6 Å². The van der Waals surface area contributed by atoms with Gasteiger partial charge in [-0.25, -0.2) is 0 Å². The standard InChI is InChI=1S/C21H21NOS/c1-16(12-13-17-8-4-2-5-9-17)22-21(23)20-19(14-15-24-20)18-10-6-3-7-11-18/h2-11,14-16H,12-13H2,1H3,(H,22,23)/t16-/m0/s1. The Labute approximate surface area is 147 Å². The van der Waals surface area contributed by atoms with Crippen LogP contribution in [0.2, 0.25) is 0 Å². The zero-order chi connectivity index (χ0) is 16.8. The lowest BCUT2D eigenvalue weighted by atomic mass is 10.0. The summed E-state index contributed by atoms with van der Waals surface area (Å²) < 4.78 is 0. The van der Waals surface area contributed by atoms with Gasteiger partial charge in [0, 0.05) is 11.6 Å². The van der Waals surface area contributed by atoms with Crippen molar-refractivity contribution in [3.63, 3.8) is 0 Å². The number of hydrogen-bond donors (Lipinski definition) is 1. The Balaban J connectivity index is 1.62. The summed E-state index contributed by atoms with van der Waals surface area (Å²) in [6, 6.07) is 22.6. The molecule has 0 aliphatic rings. The summed E-state index contributed by atoms with van der Waals surface area (Å²) in [5.74, 6) is 0.0180. The van der Waals surface area contributed by atoms with Crippen LogP contribution in [0.4, 0.5) is 0 Å². The predicted octanol–water partition coefficient (Wildman–Crippen LogP) is 5.17. The normalized spacial score (nSPS) is 11.9. The van der Waals surface area contributed by atoms with E-state index in [9.17, 15) is 4.79 Å². The monoisotopic (exact) mass is 335 g/mol. The molecular weight excluding hydrogens is 314 g/mol. The Morgan fingerprint density at radius 1 is 1.00 bits per heavy atom. The van der Waals surface area contributed by atoms with Gasteiger partial charge in [-0.3, -0.25) is 4.79 Å². The number of benzene rings is 2. The van der Waals surface area contributed by atoms with Gasteiger partial charge in [0.05, 0.1) is 4.88 Å². The van der Waals surface area contributed by atoms with Crippen LogP contribution in [0.3, 0.4) is 0 Å². The average Bonchev–Trinajstić information content (AvgIpc) is 3.11. The summed E-state index contributed by atoms with van der Waals surface area (Å²) in [5.41, 5.74) is 3.40. The van der Waals surface area contributed by atoms with E-state index >= 15 is 0 Å². The molecule has 3 aromatic rings. The largest absolute Gasteiger partial charge is 0.349 e. The highest BCUT2D eigenvalue weighted by Gasteiger charge is 2.16. The molecule has 0 radical (unpaired) electrons. The smallest absolute Gasteiger partial charge is 0.262 e. The minimum atomic E-state index is 0.0180. The highest BCUT2D eigenvalue weighted by Crippen LogP contribution is 2.28. The van der Waals surface area contributed by atoms with E-state index in [1.54, 1.807) is 0 Å². The number of nitrogens with one attached hydrogen (secondary N) is 1. The first-order valence-electron chi connectivity index (χ1n) is 8.22. The Hall–Kier alpha value is -2.39. The lowest BCUT2D eigenvalue weighted by Gasteiger charge is -2.14. The number of aryl methyl sites for hydroxylation is 1. The molecule has 122 valence electrons. The van der Waals surface area contributed by atoms with Gasteiger partial charge in [-0.05, 0) is 42.3 Å². The molecule has 0 fully saturated rings. The quantitative estimate of drug-likeness (QED) is 0.662. The van der Waals surface area contributed by atoms with E-state index in [1.807, 2.05) is 47.8 Å². The molecular formula is C21H21NOS. The molecule has 1 aromatic heterocycles. The second-order valence-electron chi connectivity index (χ2n) is 5.93. The summed E-state index contributed by atoms with van der Waals surface area (Å²) in [6.45, 7) is 2.07. The van der Waals surface area contributed by atoms with Gasteiger partial charge in [0.2, 0.25) is 0 Å². The van der Waals surface area contributed by atoms with Crippen molar-refractivity contribution in [2.24, 2.45) is 0 Å². The Morgan fingerprint density at radius 3 is 2.38 bits per heavy atom. The van der Waals surface area contributed by atoms with Gasteiger partial charge >= 0.3 is 0 Å². The lowest BCUT2D eigenvalue weighted by molar-refractivity contribution is 0.0943. The molecule has 1 heterocycles. The Morgan fingerprint density at radius 2 is 1.67 bits per heavy atom. The summed E-state index contributed by atoms with van der Waals surface area (Å²) in [6.07, 6.45) is 1.90. The highest BCUT2D eigenvalue weighted by molar-refractivity contribution is 7.12. The first kappa shape index (κ1) is 16.5. The van der Waals surface area contributed by atoms with Crippen LogP contribution in [0.5, 0.6) is 0 Å². The second-order valence-corrected chi connectivity index (χ2v) is 6.84. The molecule has 0 saturated carbocycles. The van der Waals surface area contributed by atoms with Gasteiger partial charge in [0.25, 0.3) is 5.91 Å². The zero-order valence-corrected chi connectivity index (χ0v) is 14.6. The van der Waals surface area contributed by atoms with Crippen LogP contribution in [0.15, 0.2) is 72.1 Å². The molecule has 2 nitrogen and oxygen atoms in total. The molecule has 24 heavy (non-hydrogen) atoms. The molecule has 0 saturated heterocycles. The molecule has 0 aliphatic carbocycles.